The van der Waals surface area contributed by atoms with Crippen molar-refractivity contribution in [3.63, 3.8) is 0 Å². The molecular formula is C18H21N3O3. The van der Waals surface area contributed by atoms with E-state index < -0.39 is 0 Å². The highest BCUT2D eigenvalue weighted by molar-refractivity contribution is 5.92. The van der Waals surface area contributed by atoms with Crippen molar-refractivity contribution in [1.29, 1.82) is 0 Å². The summed E-state index contributed by atoms with van der Waals surface area (Å²) in [4.78, 5) is 15.7. The second-order valence-corrected chi connectivity index (χ2v) is 6.32. The van der Waals surface area contributed by atoms with Gasteiger partial charge in [-0.3, -0.25) is 9.69 Å². The summed E-state index contributed by atoms with van der Waals surface area (Å²) >= 11 is 0. The summed E-state index contributed by atoms with van der Waals surface area (Å²) in [6.07, 6.45) is 4.29. The third-order valence-electron chi connectivity index (χ3n) is 4.65. The summed E-state index contributed by atoms with van der Waals surface area (Å²) < 4.78 is 11.9. The predicted octanol–water partition coefficient (Wildman–Crippen LogP) is 1.16. The van der Waals surface area contributed by atoms with Gasteiger partial charge in [0.1, 0.15) is 6.23 Å². The number of hydrogen-bond donors (Lipinski definition) is 1. The Hall–Kier alpha value is -2.15. The molecule has 3 heterocycles. The summed E-state index contributed by atoms with van der Waals surface area (Å²) in [6, 6.07) is 10.1. The molecule has 24 heavy (non-hydrogen) atoms. The second-order valence-electron chi connectivity index (χ2n) is 6.32. The molecule has 2 fully saturated rings. The molecule has 0 radical (unpaired) electrons. The summed E-state index contributed by atoms with van der Waals surface area (Å²) in [5.74, 6) is -0.357. The van der Waals surface area contributed by atoms with Crippen LogP contribution in [0.2, 0.25) is 0 Å². The number of carbonyl (C=O) groups excluding carboxylic acids is 1. The van der Waals surface area contributed by atoms with Crippen LogP contribution in [0.25, 0.3) is 0 Å². The van der Waals surface area contributed by atoms with Crippen molar-refractivity contribution >= 4 is 5.91 Å². The van der Waals surface area contributed by atoms with Gasteiger partial charge >= 0.3 is 0 Å². The van der Waals surface area contributed by atoms with Gasteiger partial charge in [0.25, 0.3) is 0 Å². The molecule has 3 aliphatic rings. The first kappa shape index (κ1) is 15.4. The van der Waals surface area contributed by atoms with Crippen molar-refractivity contribution in [2.24, 2.45) is 5.73 Å². The van der Waals surface area contributed by atoms with Gasteiger partial charge in [-0.1, -0.05) is 36.4 Å². The summed E-state index contributed by atoms with van der Waals surface area (Å²) in [5.41, 5.74) is 8.37. The van der Waals surface area contributed by atoms with Crippen molar-refractivity contribution in [2.45, 2.75) is 25.5 Å². The molecule has 0 aliphatic carbocycles. The van der Waals surface area contributed by atoms with Gasteiger partial charge in [-0.25, -0.2) is 0 Å². The van der Waals surface area contributed by atoms with Crippen LogP contribution in [0.1, 0.15) is 12.0 Å². The van der Waals surface area contributed by atoms with E-state index in [1.54, 1.807) is 0 Å². The lowest BCUT2D eigenvalue weighted by Crippen LogP contribution is -2.48. The zero-order chi connectivity index (χ0) is 16.5. The third-order valence-corrected chi connectivity index (χ3v) is 4.65. The van der Waals surface area contributed by atoms with E-state index in [0.29, 0.717) is 25.1 Å². The number of nitrogens with zero attached hydrogens (tertiary/aromatic N) is 2. The van der Waals surface area contributed by atoms with Crippen LogP contribution in [0, 0.1) is 0 Å². The molecule has 0 bridgehead atoms. The highest BCUT2D eigenvalue weighted by atomic mass is 16.7. The Morgan fingerprint density at radius 2 is 2.12 bits per heavy atom. The van der Waals surface area contributed by atoms with Crippen LogP contribution >= 0.6 is 0 Å². The average Bonchev–Trinajstić information content (AvgIpc) is 3.00. The van der Waals surface area contributed by atoms with Crippen LogP contribution < -0.4 is 5.73 Å². The maximum Gasteiger partial charge on any atom is 0.246 e. The maximum absolute atomic E-state index is 11.4. The van der Waals surface area contributed by atoms with Gasteiger partial charge in [-0.05, 0) is 12.0 Å². The number of piperazine rings is 1. The smallest absolute Gasteiger partial charge is 0.246 e. The summed E-state index contributed by atoms with van der Waals surface area (Å²) in [7, 11) is 0. The molecule has 2 saturated heterocycles. The van der Waals surface area contributed by atoms with Crippen LogP contribution in [0.3, 0.4) is 0 Å². The van der Waals surface area contributed by atoms with Gasteiger partial charge in [0.05, 0.1) is 19.7 Å². The number of benzene rings is 1. The number of rotatable bonds is 4. The number of hydrogen-bond acceptors (Lipinski definition) is 5. The molecule has 0 aromatic heterocycles. The Labute approximate surface area is 141 Å². The fourth-order valence-corrected chi connectivity index (χ4v) is 3.33. The molecule has 2 unspecified atom stereocenters. The van der Waals surface area contributed by atoms with E-state index in [9.17, 15) is 4.79 Å². The summed E-state index contributed by atoms with van der Waals surface area (Å²) in [5, 5.41) is 0. The maximum atomic E-state index is 11.4. The number of fused-ring (bicyclic) bond motifs is 2. The SMILES string of the molecule is NC(=O)C1=CN2CC3OC(OCc4ccccc4)CN3CC2=CC1. The van der Waals surface area contributed by atoms with E-state index in [0.717, 1.165) is 18.7 Å². The van der Waals surface area contributed by atoms with Crippen molar-refractivity contribution in [2.75, 3.05) is 19.6 Å². The third kappa shape index (κ3) is 3.08. The average molecular weight is 327 g/mol. The number of primary amides is 1. The Bertz CT molecular complexity index is 686. The predicted molar refractivity (Wildman–Crippen MR) is 88.1 cm³/mol. The first-order valence-corrected chi connectivity index (χ1v) is 8.20. The molecule has 6 nitrogen and oxygen atoms in total. The monoisotopic (exact) mass is 327 g/mol. The Morgan fingerprint density at radius 1 is 1.29 bits per heavy atom. The molecule has 0 saturated carbocycles. The van der Waals surface area contributed by atoms with Gasteiger partial charge in [-0.15, -0.1) is 0 Å². The van der Waals surface area contributed by atoms with Crippen LogP contribution in [0.5, 0.6) is 0 Å². The lowest BCUT2D eigenvalue weighted by molar-refractivity contribution is -0.144. The largest absolute Gasteiger partial charge is 0.366 e. The van der Waals surface area contributed by atoms with Gasteiger partial charge in [0, 0.05) is 24.0 Å². The molecule has 2 atom stereocenters. The van der Waals surface area contributed by atoms with Gasteiger partial charge in [0.2, 0.25) is 5.91 Å². The number of ether oxygens (including phenoxy) is 2. The second kappa shape index (κ2) is 6.39. The van der Waals surface area contributed by atoms with Gasteiger partial charge in [0.15, 0.2) is 6.29 Å². The van der Waals surface area contributed by atoms with E-state index in [4.69, 9.17) is 15.2 Å². The van der Waals surface area contributed by atoms with E-state index >= 15 is 0 Å². The van der Waals surface area contributed by atoms with Crippen LogP contribution in [0.4, 0.5) is 0 Å². The van der Waals surface area contributed by atoms with E-state index in [-0.39, 0.29) is 18.4 Å². The van der Waals surface area contributed by atoms with Gasteiger partial charge < -0.3 is 20.1 Å². The van der Waals surface area contributed by atoms with Crippen molar-refractivity contribution in [3.05, 3.63) is 59.4 Å². The zero-order valence-electron chi connectivity index (χ0n) is 13.4. The molecule has 3 aliphatic heterocycles. The Morgan fingerprint density at radius 3 is 2.92 bits per heavy atom. The van der Waals surface area contributed by atoms with Crippen LogP contribution in [0.15, 0.2) is 53.9 Å². The number of amides is 1. The molecule has 6 heteroatoms. The minimum atomic E-state index is -0.357. The summed E-state index contributed by atoms with van der Waals surface area (Å²) in [6.45, 7) is 2.80. The normalized spacial score (nSPS) is 26.4. The quantitative estimate of drug-likeness (QED) is 0.899. The van der Waals surface area contributed by atoms with Crippen molar-refractivity contribution < 1.29 is 14.3 Å². The minimum Gasteiger partial charge on any atom is -0.366 e. The first-order valence-electron chi connectivity index (χ1n) is 8.20. The Kier molecular flexibility index (Phi) is 4.10. The lowest BCUT2D eigenvalue weighted by Gasteiger charge is -2.39. The standard InChI is InChI=1S/C18H21N3O3/c19-18(22)14-6-7-15-9-21-11-17(24-16(21)10-20(15)8-14)23-12-13-4-2-1-3-5-13/h1-5,7-8,16-17H,6,9-12H2,(H2,19,22). The zero-order valence-corrected chi connectivity index (χ0v) is 13.4. The molecule has 1 aromatic carbocycles. The highest BCUT2D eigenvalue weighted by Gasteiger charge is 2.39. The molecule has 1 aromatic rings. The van der Waals surface area contributed by atoms with Gasteiger partial charge in [-0.2, -0.15) is 0 Å². The molecule has 1 amide bonds. The first-order chi connectivity index (χ1) is 11.7. The number of nitrogens with two attached hydrogens (primary N) is 1. The van der Waals surface area contributed by atoms with Crippen LogP contribution in [-0.4, -0.2) is 47.9 Å². The number of allylic oxidation sites excluding steroid dienone is 1. The Balaban J connectivity index is 1.37. The van der Waals surface area contributed by atoms with Crippen molar-refractivity contribution in [1.82, 2.24) is 9.80 Å². The number of carbonyl (C=O) groups is 1. The topological polar surface area (TPSA) is 68.0 Å². The van der Waals surface area contributed by atoms with E-state index in [1.807, 2.05) is 36.5 Å². The molecule has 4 rings (SSSR count). The molecule has 0 spiro atoms. The van der Waals surface area contributed by atoms with E-state index in [1.165, 1.54) is 5.70 Å². The highest BCUT2D eigenvalue weighted by Crippen LogP contribution is 2.30. The molecule has 2 N–H and O–H groups in total. The fourth-order valence-electron chi connectivity index (χ4n) is 3.33. The minimum absolute atomic E-state index is 0.0219. The fraction of sp³-hybridized carbons (Fsp3) is 0.389. The van der Waals surface area contributed by atoms with Crippen molar-refractivity contribution in [3.8, 4) is 0 Å². The molecule has 126 valence electrons. The van der Waals surface area contributed by atoms with E-state index in [2.05, 4.69) is 15.9 Å². The van der Waals surface area contributed by atoms with Crippen LogP contribution in [-0.2, 0) is 20.9 Å². The molecular weight excluding hydrogens is 306 g/mol. The lowest BCUT2D eigenvalue weighted by atomic mass is 10.1.